The number of aromatic nitrogens is 2. The van der Waals surface area contributed by atoms with Crippen LogP contribution >= 0.6 is 11.6 Å². The van der Waals surface area contributed by atoms with E-state index in [4.69, 9.17) is 11.6 Å². The van der Waals surface area contributed by atoms with Crippen molar-refractivity contribution >= 4 is 23.2 Å². The van der Waals surface area contributed by atoms with E-state index >= 15 is 0 Å². The van der Waals surface area contributed by atoms with Crippen molar-refractivity contribution in [3.63, 3.8) is 0 Å². The van der Waals surface area contributed by atoms with Gasteiger partial charge in [-0.3, -0.25) is 4.79 Å². The molecule has 2 unspecified atom stereocenters. The minimum Gasteiger partial charge on any atom is -0.508 e. The van der Waals surface area contributed by atoms with E-state index in [1.807, 2.05) is 30.3 Å². The van der Waals surface area contributed by atoms with Gasteiger partial charge in [-0.1, -0.05) is 35.9 Å². The molecule has 2 atom stereocenters. The van der Waals surface area contributed by atoms with Crippen molar-refractivity contribution < 1.29 is 9.90 Å². The summed E-state index contributed by atoms with van der Waals surface area (Å²) in [6.07, 6.45) is 3.95. The Morgan fingerprint density at radius 2 is 1.88 bits per heavy atom. The molecule has 0 bridgehead atoms. The number of hydrogen-bond donors (Lipinski definition) is 2. The summed E-state index contributed by atoms with van der Waals surface area (Å²) in [6, 6.07) is 14.4. The number of phenolic OH excluding ortho intramolecular Hbond substituents is 1. The van der Waals surface area contributed by atoms with Gasteiger partial charge < -0.3 is 10.4 Å². The SMILES string of the molecule is O=C(Nc1cnc(-c2cccc(O)c2)nc1)C1CC1c1cccc(Cl)c1. The zero-order valence-corrected chi connectivity index (χ0v) is 14.5. The van der Waals surface area contributed by atoms with Crippen molar-refractivity contribution in [3.05, 3.63) is 71.5 Å². The molecule has 130 valence electrons. The van der Waals surface area contributed by atoms with Gasteiger partial charge in [0, 0.05) is 16.5 Å². The second kappa shape index (κ2) is 6.77. The van der Waals surface area contributed by atoms with Crippen LogP contribution in [-0.2, 0) is 4.79 Å². The van der Waals surface area contributed by atoms with Crippen molar-refractivity contribution in [2.24, 2.45) is 5.92 Å². The molecule has 2 aromatic carbocycles. The summed E-state index contributed by atoms with van der Waals surface area (Å²) in [5.74, 6) is 0.760. The molecule has 0 spiro atoms. The lowest BCUT2D eigenvalue weighted by molar-refractivity contribution is -0.117. The maximum atomic E-state index is 12.4. The molecule has 1 saturated carbocycles. The van der Waals surface area contributed by atoms with Gasteiger partial charge >= 0.3 is 0 Å². The Morgan fingerprint density at radius 3 is 2.62 bits per heavy atom. The van der Waals surface area contributed by atoms with Gasteiger partial charge in [0.25, 0.3) is 0 Å². The summed E-state index contributed by atoms with van der Waals surface area (Å²) < 4.78 is 0. The molecule has 2 N–H and O–H groups in total. The van der Waals surface area contributed by atoms with Crippen LogP contribution in [-0.4, -0.2) is 21.0 Å². The van der Waals surface area contributed by atoms with E-state index < -0.39 is 0 Å². The van der Waals surface area contributed by atoms with Crippen LogP contribution in [0.4, 0.5) is 5.69 Å². The normalized spacial score (nSPS) is 18.3. The lowest BCUT2D eigenvalue weighted by atomic mass is 10.1. The molecule has 3 aromatic rings. The monoisotopic (exact) mass is 365 g/mol. The van der Waals surface area contributed by atoms with Crippen molar-refractivity contribution in [2.45, 2.75) is 12.3 Å². The molecule has 1 aliphatic rings. The molecule has 6 heteroatoms. The standard InChI is InChI=1S/C20H16ClN3O2/c21-14-5-1-3-12(7-14)17-9-18(17)20(26)24-15-10-22-19(23-11-15)13-4-2-6-16(25)8-13/h1-8,10-11,17-18,25H,9H2,(H,24,26). The third-order valence-electron chi connectivity index (χ3n) is 4.43. The fraction of sp³-hybridized carbons (Fsp3) is 0.150. The maximum Gasteiger partial charge on any atom is 0.228 e. The first-order valence-electron chi connectivity index (χ1n) is 8.28. The number of rotatable bonds is 4. The number of nitrogens with one attached hydrogen (secondary N) is 1. The first kappa shape index (κ1) is 16.5. The summed E-state index contributed by atoms with van der Waals surface area (Å²) in [5.41, 5.74) is 2.36. The van der Waals surface area contributed by atoms with Gasteiger partial charge in [0.05, 0.1) is 18.1 Å². The van der Waals surface area contributed by atoms with E-state index in [0.717, 1.165) is 12.0 Å². The average molecular weight is 366 g/mol. The Morgan fingerprint density at radius 1 is 1.12 bits per heavy atom. The molecule has 4 rings (SSSR count). The Kier molecular flexibility index (Phi) is 4.31. The van der Waals surface area contributed by atoms with Gasteiger partial charge in [0.2, 0.25) is 5.91 Å². The predicted octanol–water partition coefficient (Wildman–Crippen LogP) is 4.24. The number of carbonyl (C=O) groups excluding carboxylic acids is 1. The number of halogens is 1. The highest BCUT2D eigenvalue weighted by molar-refractivity contribution is 6.30. The zero-order chi connectivity index (χ0) is 18.1. The van der Waals surface area contributed by atoms with Gasteiger partial charge in [-0.2, -0.15) is 0 Å². The molecule has 5 nitrogen and oxygen atoms in total. The summed E-state index contributed by atoms with van der Waals surface area (Å²) >= 11 is 6.02. The zero-order valence-electron chi connectivity index (χ0n) is 13.8. The van der Waals surface area contributed by atoms with Crippen molar-refractivity contribution in [1.29, 1.82) is 0 Å². The van der Waals surface area contributed by atoms with Crippen LogP contribution in [0, 0.1) is 5.92 Å². The van der Waals surface area contributed by atoms with Crippen LogP contribution in [0.3, 0.4) is 0 Å². The van der Waals surface area contributed by atoms with Crippen LogP contribution in [0.25, 0.3) is 11.4 Å². The summed E-state index contributed by atoms with van der Waals surface area (Å²) in [7, 11) is 0. The number of carbonyl (C=O) groups is 1. The first-order chi connectivity index (χ1) is 12.6. The van der Waals surface area contributed by atoms with E-state index in [0.29, 0.717) is 22.1 Å². The molecule has 0 radical (unpaired) electrons. The van der Waals surface area contributed by atoms with Crippen molar-refractivity contribution in [3.8, 4) is 17.1 Å². The van der Waals surface area contributed by atoms with Crippen LogP contribution in [0.2, 0.25) is 5.02 Å². The van der Waals surface area contributed by atoms with Crippen LogP contribution < -0.4 is 5.32 Å². The molecule has 1 fully saturated rings. The number of aromatic hydroxyl groups is 1. The van der Waals surface area contributed by atoms with Crippen molar-refractivity contribution in [1.82, 2.24) is 9.97 Å². The fourth-order valence-electron chi connectivity index (χ4n) is 3.01. The summed E-state index contributed by atoms with van der Waals surface area (Å²) in [4.78, 5) is 20.9. The van der Waals surface area contributed by atoms with E-state index in [1.165, 1.54) is 0 Å². The highest BCUT2D eigenvalue weighted by Gasteiger charge is 2.44. The molecule has 1 heterocycles. The predicted molar refractivity (Wildman–Crippen MR) is 100 cm³/mol. The smallest absolute Gasteiger partial charge is 0.228 e. The van der Waals surface area contributed by atoms with Crippen LogP contribution in [0.15, 0.2) is 60.9 Å². The number of phenols is 1. The van der Waals surface area contributed by atoms with Gasteiger partial charge in [0.1, 0.15) is 5.75 Å². The quantitative estimate of drug-likeness (QED) is 0.725. The number of benzene rings is 2. The highest BCUT2D eigenvalue weighted by Crippen LogP contribution is 2.48. The van der Waals surface area contributed by atoms with Gasteiger partial charge in [-0.05, 0) is 42.2 Å². The number of anilines is 1. The van der Waals surface area contributed by atoms with Gasteiger partial charge in [-0.15, -0.1) is 0 Å². The van der Waals surface area contributed by atoms with Crippen LogP contribution in [0.5, 0.6) is 5.75 Å². The van der Waals surface area contributed by atoms with E-state index in [2.05, 4.69) is 15.3 Å². The largest absolute Gasteiger partial charge is 0.508 e. The lowest BCUT2D eigenvalue weighted by Gasteiger charge is -2.06. The maximum absolute atomic E-state index is 12.4. The molecular weight excluding hydrogens is 350 g/mol. The Labute approximate surface area is 155 Å². The minimum absolute atomic E-state index is 0.0383. The van der Waals surface area contributed by atoms with E-state index in [-0.39, 0.29) is 23.5 Å². The third-order valence-corrected chi connectivity index (χ3v) is 4.66. The van der Waals surface area contributed by atoms with Gasteiger partial charge in [0.15, 0.2) is 5.82 Å². The summed E-state index contributed by atoms with van der Waals surface area (Å²) in [6.45, 7) is 0. The fourth-order valence-corrected chi connectivity index (χ4v) is 3.21. The van der Waals surface area contributed by atoms with Gasteiger partial charge in [-0.25, -0.2) is 9.97 Å². The highest BCUT2D eigenvalue weighted by atomic mass is 35.5. The molecular formula is C20H16ClN3O2. The molecule has 1 aliphatic carbocycles. The molecule has 1 amide bonds. The second-order valence-corrected chi connectivity index (χ2v) is 6.78. The Bertz CT molecular complexity index is 959. The van der Waals surface area contributed by atoms with E-state index in [1.54, 1.807) is 30.6 Å². The molecule has 1 aromatic heterocycles. The average Bonchev–Trinajstić information content (AvgIpc) is 3.43. The molecule has 0 saturated heterocycles. The first-order valence-corrected chi connectivity index (χ1v) is 8.66. The van der Waals surface area contributed by atoms with Crippen LogP contribution in [0.1, 0.15) is 17.9 Å². The molecule has 0 aliphatic heterocycles. The molecule has 26 heavy (non-hydrogen) atoms. The van der Waals surface area contributed by atoms with E-state index in [9.17, 15) is 9.90 Å². The van der Waals surface area contributed by atoms with Crippen molar-refractivity contribution in [2.75, 3.05) is 5.32 Å². The summed E-state index contributed by atoms with van der Waals surface area (Å²) in [5, 5.41) is 13.1. The lowest BCUT2D eigenvalue weighted by Crippen LogP contribution is -2.15. The number of nitrogens with zero attached hydrogens (tertiary/aromatic N) is 2. The minimum atomic E-state index is -0.0563. The Hall–Kier alpha value is -2.92. The number of amides is 1. The Balaban J connectivity index is 1.41. The second-order valence-electron chi connectivity index (χ2n) is 6.34. The third kappa shape index (κ3) is 3.53. The number of hydrogen-bond acceptors (Lipinski definition) is 4. The topological polar surface area (TPSA) is 75.1 Å².